The summed E-state index contributed by atoms with van der Waals surface area (Å²) in [6.07, 6.45) is -3.75. The first-order chi connectivity index (χ1) is 15.2. The number of aliphatic hydroxyl groups is 2. The van der Waals surface area contributed by atoms with E-state index >= 15 is 0 Å². The van der Waals surface area contributed by atoms with E-state index in [2.05, 4.69) is 5.32 Å². The van der Waals surface area contributed by atoms with Gasteiger partial charge >= 0.3 is 0 Å². The molecule has 32 heavy (non-hydrogen) atoms. The summed E-state index contributed by atoms with van der Waals surface area (Å²) in [5.74, 6) is -1.91. The molecule has 4 atom stereocenters. The van der Waals surface area contributed by atoms with Crippen molar-refractivity contribution in [2.45, 2.75) is 69.9 Å². The Kier molecular flexibility index (Phi) is 7.95. The molecule has 3 N–H and O–H groups in total. The zero-order valence-corrected chi connectivity index (χ0v) is 18.1. The van der Waals surface area contributed by atoms with Gasteiger partial charge in [0, 0.05) is 30.5 Å². The minimum absolute atomic E-state index is 0.0422. The SMILES string of the molecule is CC(C)NC(=O)[C@@]1(OCc2ccccc2)CC(OCc2ccc(F)cc2F)[C@H](O)[C@H](O)C1. The van der Waals surface area contributed by atoms with Crippen LogP contribution in [-0.4, -0.2) is 46.1 Å². The van der Waals surface area contributed by atoms with Crippen LogP contribution in [0.4, 0.5) is 8.78 Å². The van der Waals surface area contributed by atoms with Gasteiger partial charge in [0.15, 0.2) is 5.60 Å². The van der Waals surface area contributed by atoms with Gasteiger partial charge in [-0.05, 0) is 25.5 Å². The van der Waals surface area contributed by atoms with Gasteiger partial charge in [0.25, 0.3) is 5.91 Å². The second-order valence-electron chi connectivity index (χ2n) is 8.45. The summed E-state index contributed by atoms with van der Waals surface area (Å²) in [6.45, 7) is 3.47. The van der Waals surface area contributed by atoms with Crippen LogP contribution in [0.1, 0.15) is 37.8 Å². The lowest BCUT2D eigenvalue weighted by Crippen LogP contribution is -2.61. The molecule has 0 bridgehead atoms. The highest BCUT2D eigenvalue weighted by Gasteiger charge is 2.51. The number of aliphatic hydroxyl groups excluding tert-OH is 2. The number of carbonyl (C=O) groups excluding carboxylic acids is 1. The molecule has 2 aromatic rings. The molecule has 0 aromatic heterocycles. The Bertz CT molecular complexity index is 911. The van der Waals surface area contributed by atoms with Gasteiger partial charge in [-0.15, -0.1) is 0 Å². The van der Waals surface area contributed by atoms with E-state index in [0.717, 1.165) is 17.7 Å². The molecule has 1 aliphatic carbocycles. The van der Waals surface area contributed by atoms with Gasteiger partial charge in [-0.1, -0.05) is 36.4 Å². The van der Waals surface area contributed by atoms with Gasteiger partial charge in [0.1, 0.15) is 17.7 Å². The molecule has 3 rings (SSSR count). The van der Waals surface area contributed by atoms with Crippen molar-refractivity contribution in [3.8, 4) is 0 Å². The molecule has 1 saturated carbocycles. The van der Waals surface area contributed by atoms with E-state index in [1.54, 1.807) is 0 Å². The molecular formula is C24H29F2NO5. The van der Waals surface area contributed by atoms with Gasteiger partial charge in [0.05, 0.1) is 25.4 Å². The van der Waals surface area contributed by atoms with Crippen molar-refractivity contribution in [2.24, 2.45) is 0 Å². The number of rotatable bonds is 8. The molecule has 1 unspecified atom stereocenters. The molecule has 8 heteroatoms. The van der Waals surface area contributed by atoms with Crippen molar-refractivity contribution in [1.29, 1.82) is 0 Å². The molecule has 1 amide bonds. The van der Waals surface area contributed by atoms with Crippen molar-refractivity contribution >= 4 is 5.91 Å². The van der Waals surface area contributed by atoms with Gasteiger partial charge < -0.3 is 25.0 Å². The van der Waals surface area contributed by atoms with E-state index in [1.165, 1.54) is 6.07 Å². The quantitative estimate of drug-likeness (QED) is 0.577. The highest BCUT2D eigenvalue weighted by atomic mass is 19.1. The summed E-state index contributed by atoms with van der Waals surface area (Å²) in [4.78, 5) is 13.1. The smallest absolute Gasteiger partial charge is 0.252 e. The number of carbonyl (C=O) groups is 1. The first-order valence-electron chi connectivity index (χ1n) is 10.6. The Labute approximate surface area is 186 Å². The Hall–Kier alpha value is -2.39. The lowest BCUT2D eigenvalue weighted by molar-refractivity contribution is -0.200. The number of benzene rings is 2. The fourth-order valence-corrected chi connectivity index (χ4v) is 3.79. The van der Waals surface area contributed by atoms with Crippen molar-refractivity contribution in [3.05, 3.63) is 71.3 Å². The minimum Gasteiger partial charge on any atom is -0.390 e. The maximum absolute atomic E-state index is 14.0. The second-order valence-corrected chi connectivity index (χ2v) is 8.45. The molecule has 2 aromatic carbocycles. The first-order valence-corrected chi connectivity index (χ1v) is 10.6. The predicted molar refractivity (Wildman–Crippen MR) is 113 cm³/mol. The van der Waals surface area contributed by atoms with Gasteiger partial charge in [-0.25, -0.2) is 8.78 Å². The summed E-state index contributed by atoms with van der Waals surface area (Å²) in [5, 5.41) is 23.9. The number of halogens is 2. The second kappa shape index (κ2) is 10.5. The first kappa shape index (κ1) is 24.3. The van der Waals surface area contributed by atoms with Crippen LogP contribution in [0.15, 0.2) is 48.5 Å². The lowest BCUT2D eigenvalue weighted by atomic mass is 9.78. The zero-order valence-electron chi connectivity index (χ0n) is 18.1. The van der Waals surface area contributed by atoms with Crippen molar-refractivity contribution < 1.29 is 33.3 Å². The number of hydrogen-bond donors (Lipinski definition) is 3. The molecule has 0 saturated heterocycles. The van der Waals surface area contributed by atoms with Crippen molar-refractivity contribution in [1.82, 2.24) is 5.32 Å². The average Bonchev–Trinajstić information content (AvgIpc) is 2.75. The Morgan fingerprint density at radius 3 is 2.50 bits per heavy atom. The van der Waals surface area contributed by atoms with E-state index in [9.17, 15) is 23.8 Å². The third kappa shape index (κ3) is 5.89. The third-order valence-electron chi connectivity index (χ3n) is 5.50. The van der Waals surface area contributed by atoms with Crippen molar-refractivity contribution in [3.63, 3.8) is 0 Å². The largest absolute Gasteiger partial charge is 0.390 e. The molecule has 0 heterocycles. The van der Waals surface area contributed by atoms with E-state index in [4.69, 9.17) is 9.47 Å². The highest BCUT2D eigenvalue weighted by molar-refractivity contribution is 5.85. The van der Waals surface area contributed by atoms with Gasteiger partial charge in [-0.2, -0.15) is 0 Å². The lowest BCUT2D eigenvalue weighted by Gasteiger charge is -2.44. The Balaban J connectivity index is 1.80. The van der Waals surface area contributed by atoms with Crippen LogP contribution in [-0.2, 0) is 27.5 Å². The molecule has 174 valence electrons. The summed E-state index contributed by atoms with van der Waals surface area (Å²) in [6, 6.07) is 12.2. The van der Waals surface area contributed by atoms with Crippen LogP contribution in [0, 0.1) is 11.6 Å². The number of hydrogen-bond acceptors (Lipinski definition) is 5. The zero-order chi connectivity index (χ0) is 23.3. The predicted octanol–water partition coefficient (Wildman–Crippen LogP) is 2.85. The number of nitrogens with one attached hydrogen (secondary N) is 1. The summed E-state index contributed by atoms with van der Waals surface area (Å²) >= 11 is 0. The fourth-order valence-electron chi connectivity index (χ4n) is 3.79. The topological polar surface area (TPSA) is 88.0 Å². The van der Waals surface area contributed by atoms with E-state index in [-0.39, 0.29) is 37.7 Å². The van der Waals surface area contributed by atoms with Crippen molar-refractivity contribution in [2.75, 3.05) is 0 Å². The number of amides is 1. The molecule has 1 fully saturated rings. The minimum atomic E-state index is -1.45. The van der Waals surface area contributed by atoms with Crippen LogP contribution in [0.25, 0.3) is 0 Å². The summed E-state index contributed by atoms with van der Waals surface area (Å²) in [5.41, 5.74) is -0.512. The summed E-state index contributed by atoms with van der Waals surface area (Å²) in [7, 11) is 0. The normalized spacial score (nSPS) is 25.7. The molecule has 1 aliphatic rings. The van der Waals surface area contributed by atoms with Crippen LogP contribution in [0.5, 0.6) is 0 Å². The fraction of sp³-hybridized carbons (Fsp3) is 0.458. The van der Waals surface area contributed by atoms with E-state index < -0.39 is 41.5 Å². The van der Waals surface area contributed by atoms with Crippen LogP contribution < -0.4 is 5.32 Å². The highest BCUT2D eigenvalue weighted by Crippen LogP contribution is 2.36. The Morgan fingerprint density at radius 1 is 1.12 bits per heavy atom. The molecular weight excluding hydrogens is 420 g/mol. The van der Waals surface area contributed by atoms with E-state index in [0.29, 0.717) is 0 Å². The molecule has 0 radical (unpaired) electrons. The average molecular weight is 449 g/mol. The van der Waals surface area contributed by atoms with Crippen LogP contribution >= 0.6 is 0 Å². The maximum atomic E-state index is 14.0. The van der Waals surface area contributed by atoms with Crippen LogP contribution in [0.3, 0.4) is 0 Å². The maximum Gasteiger partial charge on any atom is 0.252 e. The van der Waals surface area contributed by atoms with Gasteiger partial charge in [0.2, 0.25) is 0 Å². The molecule has 0 aliphatic heterocycles. The van der Waals surface area contributed by atoms with Gasteiger partial charge in [-0.3, -0.25) is 4.79 Å². The third-order valence-corrected chi connectivity index (χ3v) is 5.50. The summed E-state index contributed by atoms with van der Waals surface area (Å²) < 4.78 is 38.9. The van der Waals surface area contributed by atoms with E-state index in [1.807, 2.05) is 44.2 Å². The monoisotopic (exact) mass is 449 g/mol. The standard InChI is InChI=1S/C24H29F2NO5/c1-15(2)27-23(30)24(32-13-16-6-4-3-5-7-16)11-20(28)22(29)21(12-24)31-14-17-8-9-18(25)10-19(17)26/h3-10,15,20-22,28-29H,11-14H2,1-2H3,(H,27,30)/t20-,21?,22-,24+/m1/s1. The van der Waals surface area contributed by atoms with Crippen LogP contribution in [0.2, 0.25) is 0 Å². The molecule has 6 nitrogen and oxygen atoms in total. The number of ether oxygens (including phenoxy) is 2. The Morgan fingerprint density at radius 2 is 1.84 bits per heavy atom. The molecule has 0 spiro atoms.